The summed E-state index contributed by atoms with van der Waals surface area (Å²) in [4.78, 5) is 0. The zero-order valence-corrected chi connectivity index (χ0v) is 14.3. The van der Waals surface area contributed by atoms with Crippen LogP contribution in [0.1, 0.15) is 51.0 Å². The monoisotopic (exact) mass is 317 g/mol. The minimum absolute atomic E-state index is 0.271. The average molecular weight is 317 g/mol. The van der Waals surface area contributed by atoms with E-state index in [0.29, 0.717) is 18.4 Å². The third-order valence-corrected chi connectivity index (χ3v) is 5.88. The zero-order chi connectivity index (χ0) is 16.1. The van der Waals surface area contributed by atoms with Crippen LogP contribution in [0.4, 0.5) is 0 Å². The highest BCUT2D eigenvalue weighted by atomic mass is 16.5. The molecule has 2 N–H and O–H groups in total. The first-order valence-electron chi connectivity index (χ1n) is 9.34. The van der Waals surface area contributed by atoms with E-state index in [0.717, 1.165) is 37.9 Å². The Morgan fingerprint density at radius 2 is 1.87 bits per heavy atom. The van der Waals surface area contributed by atoms with Crippen LogP contribution < -0.4 is 5.32 Å². The van der Waals surface area contributed by atoms with Crippen LogP contribution in [0.5, 0.6) is 0 Å². The van der Waals surface area contributed by atoms with Crippen molar-refractivity contribution in [3.63, 3.8) is 0 Å². The van der Waals surface area contributed by atoms with E-state index in [9.17, 15) is 5.11 Å². The van der Waals surface area contributed by atoms with Crippen molar-refractivity contribution < 1.29 is 9.84 Å². The number of nitrogens with one attached hydrogen (secondary N) is 1. The average Bonchev–Trinajstić information content (AvgIpc) is 2.55. The molecular formula is C20H31NO2. The molecule has 128 valence electrons. The van der Waals surface area contributed by atoms with E-state index in [1.165, 1.54) is 19.3 Å². The van der Waals surface area contributed by atoms with E-state index in [1.54, 1.807) is 0 Å². The van der Waals surface area contributed by atoms with Gasteiger partial charge < -0.3 is 15.2 Å². The van der Waals surface area contributed by atoms with Gasteiger partial charge in [-0.05, 0) is 62.6 Å². The molecule has 2 fully saturated rings. The molecule has 3 rings (SSSR count). The van der Waals surface area contributed by atoms with Gasteiger partial charge in [-0.25, -0.2) is 0 Å². The van der Waals surface area contributed by atoms with E-state index in [-0.39, 0.29) is 6.10 Å². The summed E-state index contributed by atoms with van der Waals surface area (Å²) in [5, 5.41) is 14.8. The lowest BCUT2D eigenvalue weighted by molar-refractivity contribution is -0.139. The van der Waals surface area contributed by atoms with E-state index in [1.807, 2.05) is 30.3 Å². The lowest BCUT2D eigenvalue weighted by Crippen LogP contribution is -2.45. The van der Waals surface area contributed by atoms with Crippen molar-refractivity contribution in [3.05, 3.63) is 35.9 Å². The summed E-state index contributed by atoms with van der Waals surface area (Å²) < 4.78 is 6.33. The maximum atomic E-state index is 11.4. The smallest absolute Gasteiger partial charge is 0.116 e. The molecule has 1 saturated heterocycles. The lowest BCUT2D eigenvalue weighted by atomic mass is 9.70. The first-order chi connectivity index (χ1) is 11.2. The Hall–Kier alpha value is -0.900. The van der Waals surface area contributed by atoms with Crippen molar-refractivity contribution in [1.82, 2.24) is 5.32 Å². The van der Waals surface area contributed by atoms with Crippen LogP contribution in [-0.2, 0) is 10.3 Å². The van der Waals surface area contributed by atoms with Gasteiger partial charge in [0.15, 0.2) is 0 Å². The summed E-state index contributed by atoms with van der Waals surface area (Å²) in [5.41, 5.74) is 0.199. The van der Waals surface area contributed by atoms with E-state index in [2.05, 4.69) is 12.2 Å². The fraction of sp³-hybridized carbons (Fsp3) is 0.700. The Bertz CT molecular complexity index is 468. The minimum atomic E-state index is -0.820. The number of aliphatic hydroxyl groups is 1. The quantitative estimate of drug-likeness (QED) is 0.809. The molecular weight excluding hydrogens is 286 g/mol. The van der Waals surface area contributed by atoms with Gasteiger partial charge in [-0.1, -0.05) is 43.7 Å². The SMILES string of the molecule is CC[C@@H](OCC(O)(c1ccccc1)C1CCC1)C1CCNCC1. The first-order valence-corrected chi connectivity index (χ1v) is 9.34. The summed E-state index contributed by atoms with van der Waals surface area (Å²) in [6, 6.07) is 10.1. The van der Waals surface area contributed by atoms with Crippen LogP contribution in [0.3, 0.4) is 0 Å². The molecule has 0 amide bonds. The number of ether oxygens (including phenoxy) is 1. The van der Waals surface area contributed by atoms with Crippen LogP contribution in [0.2, 0.25) is 0 Å². The van der Waals surface area contributed by atoms with Crippen LogP contribution in [-0.4, -0.2) is 30.9 Å². The summed E-state index contributed by atoms with van der Waals surface area (Å²) in [6.07, 6.45) is 7.12. The molecule has 0 aromatic heterocycles. The van der Waals surface area contributed by atoms with E-state index < -0.39 is 5.60 Å². The van der Waals surface area contributed by atoms with Gasteiger partial charge in [-0.15, -0.1) is 0 Å². The Morgan fingerprint density at radius 3 is 2.43 bits per heavy atom. The molecule has 0 radical (unpaired) electrons. The van der Waals surface area contributed by atoms with Gasteiger partial charge in [0.2, 0.25) is 0 Å². The molecule has 1 aromatic carbocycles. The number of rotatable bonds is 7. The number of benzene rings is 1. The lowest BCUT2D eigenvalue weighted by Gasteiger charge is -2.43. The predicted octanol–water partition coefficient (Wildman–Crippen LogP) is 3.47. The second kappa shape index (κ2) is 7.78. The number of hydrogen-bond acceptors (Lipinski definition) is 3. The highest BCUT2D eigenvalue weighted by Gasteiger charge is 2.42. The highest BCUT2D eigenvalue weighted by molar-refractivity contribution is 5.24. The molecule has 23 heavy (non-hydrogen) atoms. The summed E-state index contributed by atoms with van der Waals surface area (Å²) in [6.45, 7) is 4.83. The Kier molecular flexibility index (Phi) is 5.73. The standard InChI is InChI=1S/C20H31NO2/c1-2-19(16-11-13-21-14-12-16)23-15-20(22,18-9-6-10-18)17-7-4-3-5-8-17/h3-5,7-8,16,18-19,21-22H,2,6,9-15H2,1H3/t19-,20?/m1/s1. The van der Waals surface area contributed by atoms with Gasteiger partial charge in [0.1, 0.15) is 5.60 Å². The van der Waals surface area contributed by atoms with Crippen molar-refractivity contribution in [2.45, 2.75) is 57.2 Å². The van der Waals surface area contributed by atoms with Crippen molar-refractivity contribution in [3.8, 4) is 0 Å². The molecule has 1 aromatic rings. The molecule has 2 aliphatic rings. The maximum absolute atomic E-state index is 11.4. The second-order valence-corrected chi connectivity index (χ2v) is 7.26. The van der Waals surface area contributed by atoms with Crippen LogP contribution in [0.25, 0.3) is 0 Å². The van der Waals surface area contributed by atoms with Gasteiger partial charge in [0, 0.05) is 0 Å². The van der Waals surface area contributed by atoms with Gasteiger partial charge in [-0.2, -0.15) is 0 Å². The molecule has 1 aliphatic carbocycles. The predicted molar refractivity (Wildman–Crippen MR) is 93.3 cm³/mol. The fourth-order valence-corrected chi connectivity index (χ4v) is 4.09. The maximum Gasteiger partial charge on any atom is 0.116 e. The zero-order valence-electron chi connectivity index (χ0n) is 14.3. The third-order valence-electron chi connectivity index (χ3n) is 5.88. The Labute approximate surface area is 140 Å². The molecule has 1 heterocycles. The Balaban J connectivity index is 1.68. The molecule has 3 nitrogen and oxygen atoms in total. The first kappa shape index (κ1) is 16.9. The van der Waals surface area contributed by atoms with Crippen molar-refractivity contribution in [2.24, 2.45) is 11.8 Å². The van der Waals surface area contributed by atoms with Gasteiger partial charge >= 0.3 is 0 Å². The third kappa shape index (κ3) is 3.78. The molecule has 1 aliphatic heterocycles. The summed E-state index contributed by atoms with van der Waals surface area (Å²) >= 11 is 0. The molecule has 0 bridgehead atoms. The van der Waals surface area contributed by atoms with Crippen LogP contribution in [0, 0.1) is 11.8 Å². The Morgan fingerprint density at radius 1 is 1.17 bits per heavy atom. The van der Waals surface area contributed by atoms with Crippen molar-refractivity contribution in [2.75, 3.05) is 19.7 Å². The molecule has 1 saturated carbocycles. The highest BCUT2D eigenvalue weighted by Crippen LogP contribution is 2.43. The summed E-state index contributed by atoms with van der Waals surface area (Å²) in [5.74, 6) is 0.970. The van der Waals surface area contributed by atoms with Crippen LogP contribution >= 0.6 is 0 Å². The van der Waals surface area contributed by atoms with Crippen molar-refractivity contribution >= 4 is 0 Å². The van der Waals surface area contributed by atoms with Gasteiger partial charge in [0.05, 0.1) is 12.7 Å². The molecule has 3 heteroatoms. The topological polar surface area (TPSA) is 41.5 Å². The van der Waals surface area contributed by atoms with E-state index >= 15 is 0 Å². The molecule has 0 spiro atoms. The normalized spacial score (nSPS) is 23.9. The number of piperidine rings is 1. The number of hydrogen-bond donors (Lipinski definition) is 2. The molecule has 1 unspecified atom stereocenters. The van der Waals surface area contributed by atoms with E-state index in [4.69, 9.17) is 4.74 Å². The van der Waals surface area contributed by atoms with Gasteiger partial charge in [-0.3, -0.25) is 0 Å². The van der Waals surface area contributed by atoms with Crippen molar-refractivity contribution in [1.29, 1.82) is 0 Å². The second-order valence-electron chi connectivity index (χ2n) is 7.26. The molecule has 2 atom stereocenters. The fourth-order valence-electron chi connectivity index (χ4n) is 4.09. The largest absolute Gasteiger partial charge is 0.382 e. The summed E-state index contributed by atoms with van der Waals surface area (Å²) in [7, 11) is 0. The minimum Gasteiger partial charge on any atom is -0.382 e. The van der Waals surface area contributed by atoms with Gasteiger partial charge in [0.25, 0.3) is 0 Å². The van der Waals surface area contributed by atoms with Crippen LogP contribution in [0.15, 0.2) is 30.3 Å².